The summed E-state index contributed by atoms with van der Waals surface area (Å²) in [6.45, 7) is 0. The standard InChI is InChI=1S/C44H26O2/c1-2-13-28(14-3-1)40-43-38(25-24-37-42(43)35-20-10-11-21-36(35)45-37)46-44(40)41-33-18-8-6-16-31(33)39(32-17-7-9-19-34(32)41)30-23-22-27-12-4-5-15-29(27)26-30/h1-26H. The van der Waals surface area contributed by atoms with Gasteiger partial charge in [0.15, 0.2) is 0 Å². The zero-order valence-electron chi connectivity index (χ0n) is 24.8. The van der Waals surface area contributed by atoms with Crippen LogP contribution in [0.2, 0.25) is 0 Å². The lowest BCUT2D eigenvalue weighted by Gasteiger charge is -2.17. The summed E-state index contributed by atoms with van der Waals surface area (Å²) < 4.78 is 13.4. The molecular weight excluding hydrogens is 560 g/mol. The lowest BCUT2D eigenvalue weighted by molar-refractivity contribution is 0.633. The van der Waals surface area contributed by atoms with Gasteiger partial charge in [-0.2, -0.15) is 0 Å². The summed E-state index contributed by atoms with van der Waals surface area (Å²) >= 11 is 0. The van der Waals surface area contributed by atoms with Crippen molar-refractivity contribution in [3.05, 3.63) is 158 Å². The quantitative estimate of drug-likeness (QED) is 0.193. The summed E-state index contributed by atoms with van der Waals surface area (Å²) in [5, 5.41) is 10.5. The Bertz CT molecular complexity index is 2740. The van der Waals surface area contributed by atoms with Gasteiger partial charge in [-0.25, -0.2) is 0 Å². The molecule has 8 aromatic carbocycles. The Morgan fingerprint density at radius 1 is 0.304 bits per heavy atom. The molecule has 0 amide bonds. The van der Waals surface area contributed by atoms with Gasteiger partial charge < -0.3 is 8.83 Å². The lowest BCUT2D eigenvalue weighted by atomic mass is 9.85. The van der Waals surface area contributed by atoms with E-state index in [9.17, 15) is 0 Å². The molecule has 10 aromatic rings. The van der Waals surface area contributed by atoms with E-state index in [-0.39, 0.29) is 0 Å². The molecule has 2 heteroatoms. The molecule has 0 atom stereocenters. The number of furan rings is 2. The second-order valence-electron chi connectivity index (χ2n) is 12.0. The van der Waals surface area contributed by atoms with Crippen LogP contribution < -0.4 is 0 Å². The van der Waals surface area contributed by atoms with Crippen LogP contribution in [-0.2, 0) is 0 Å². The Morgan fingerprint density at radius 3 is 1.59 bits per heavy atom. The van der Waals surface area contributed by atoms with Gasteiger partial charge in [0.1, 0.15) is 22.5 Å². The average molecular weight is 587 g/mol. The highest BCUT2D eigenvalue weighted by Crippen LogP contribution is 2.51. The van der Waals surface area contributed by atoms with Crippen molar-refractivity contribution in [1.82, 2.24) is 0 Å². The fraction of sp³-hybridized carbons (Fsp3) is 0. The molecule has 2 heterocycles. The second-order valence-corrected chi connectivity index (χ2v) is 12.0. The average Bonchev–Trinajstić information content (AvgIpc) is 3.69. The van der Waals surface area contributed by atoms with Gasteiger partial charge in [-0.1, -0.05) is 133 Å². The van der Waals surface area contributed by atoms with Gasteiger partial charge in [-0.15, -0.1) is 0 Å². The molecular formula is C44H26O2. The minimum atomic E-state index is 0.847. The van der Waals surface area contributed by atoms with Gasteiger partial charge in [0.05, 0.1) is 0 Å². The first-order valence-electron chi connectivity index (χ1n) is 15.7. The number of benzene rings is 8. The molecule has 46 heavy (non-hydrogen) atoms. The van der Waals surface area contributed by atoms with Crippen LogP contribution >= 0.6 is 0 Å². The third-order valence-corrected chi connectivity index (χ3v) is 9.45. The van der Waals surface area contributed by atoms with E-state index in [0.29, 0.717) is 0 Å². The molecule has 0 aliphatic heterocycles. The van der Waals surface area contributed by atoms with Gasteiger partial charge in [0, 0.05) is 27.3 Å². The Balaban J connectivity index is 1.38. The van der Waals surface area contributed by atoms with E-state index in [0.717, 1.165) is 66.1 Å². The molecule has 0 bridgehead atoms. The van der Waals surface area contributed by atoms with E-state index in [1.54, 1.807) is 0 Å². The Morgan fingerprint density at radius 2 is 0.870 bits per heavy atom. The molecule has 2 nitrogen and oxygen atoms in total. The van der Waals surface area contributed by atoms with Crippen molar-refractivity contribution in [2.45, 2.75) is 0 Å². The van der Waals surface area contributed by atoms with Crippen molar-refractivity contribution in [2.75, 3.05) is 0 Å². The summed E-state index contributed by atoms with van der Waals surface area (Å²) in [5.41, 5.74) is 8.33. The summed E-state index contributed by atoms with van der Waals surface area (Å²) in [7, 11) is 0. The lowest BCUT2D eigenvalue weighted by Crippen LogP contribution is -1.91. The maximum atomic E-state index is 7.04. The first-order chi connectivity index (χ1) is 22.8. The van der Waals surface area contributed by atoms with Crippen molar-refractivity contribution < 1.29 is 8.83 Å². The van der Waals surface area contributed by atoms with E-state index < -0.39 is 0 Å². The van der Waals surface area contributed by atoms with Gasteiger partial charge in [-0.05, 0) is 73.3 Å². The molecule has 0 radical (unpaired) electrons. The van der Waals surface area contributed by atoms with Crippen molar-refractivity contribution >= 4 is 65.2 Å². The number of rotatable bonds is 3. The van der Waals surface area contributed by atoms with Crippen LogP contribution in [0.5, 0.6) is 0 Å². The normalized spacial score (nSPS) is 11.9. The molecule has 0 spiro atoms. The van der Waals surface area contributed by atoms with Crippen molar-refractivity contribution in [3.8, 4) is 33.6 Å². The smallest absolute Gasteiger partial charge is 0.144 e. The van der Waals surface area contributed by atoms with E-state index in [4.69, 9.17) is 8.83 Å². The molecule has 0 unspecified atom stereocenters. The largest absolute Gasteiger partial charge is 0.456 e. The van der Waals surface area contributed by atoms with Crippen LogP contribution in [0.15, 0.2) is 167 Å². The molecule has 0 N–H and O–H groups in total. The molecule has 10 rings (SSSR count). The van der Waals surface area contributed by atoms with Crippen LogP contribution in [0.1, 0.15) is 0 Å². The molecule has 2 aromatic heterocycles. The number of para-hydroxylation sites is 1. The summed E-state index contributed by atoms with van der Waals surface area (Å²) in [6, 6.07) is 55.9. The van der Waals surface area contributed by atoms with E-state index in [2.05, 4.69) is 140 Å². The summed E-state index contributed by atoms with van der Waals surface area (Å²) in [4.78, 5) is 0. The van der Waals surface area contributed by atoms with E-state index in [1.165, 1.54) is 32.7 Å². The predicted molar refractivity (Wildman–Crippen MR) is 192 cm³/mol. The van der Waals surface area contributed by atoms with Crippen molar-refractivity contribution in [1.29, 1.82) is 0 Å². The number of hydrogen-bond donors (Lipinski definition) is 0. The minimum absolute atomic E-state index is 0.847. The Hall–Kier alpha value is -6.12. The molecule has 0 fully saturated rings. The number of fused-ring (bicyclic) bond motifs is 8. The fourth-order valence-electron chi connectivity index (χ4n) is 7.49. The number of hydrogen-bond acceptors (Lipinski definition) is 2. The maximum absolute atomic E-state index is 7.04. The molecule has 0 aliphatic rings. The monoisotopic (exact) mass is 586 g/mol. The van der Waals surface area contributed by atoms with Gasteiger partial charge >= 0.3 is 0 Å². The summed E-state index contributed by atoms with van der Waals surface area (Å²) in [5.74, 6) is 0.872. The van der Waals surface area contributed by atoms with Gasteiger partial charge in [0.25, 0.3) is 0 Å². The highest BCUT2D eigenvalue weighted by Gasteiger charge is 2.26. The third-order valence-electron chi connectivity index (χ3n) is 9.45. The molecule has 0 aliphatic carbocycles. The predicted octanol–water partition coefficient (Wildman–Crippen LogP) is 12.8. The third kappa shape index (κ3) is 3.59. The van der Waals surface area contributed by atoms with Crippen LogP contribution in [0.25, 0.3) is 98.8 Å². The van der Waals surface area contributed by atoms with Crippen LogP contribution in [-0.4, -0.2) is 0 Å². The molecule has 0 saturated heterocycles. The SMILES string of the molecule is c1ccc(-c2c(-c3c4ccccc4c(-c4ccc5ccccc5c4)c4ccccc34)oc3ccc4oc5ccccc5c4c23)cc1. The maximum Gasteiger partial charge on any atom is 0.144 e. The van der Waals surface area contributed by atoms with E-state index >= 15 is 0 Å². The highest BCUT2D eigenvalue weighted by atomic mass is 16.3. The second kappa shape index (κ2) is 9.69. The zero-order chi connectivity index (χ0) is 30.2. The topological polar surface area (TPSA) is 26.3 Å². The van der Waals surface area contributed by atoms with Crippen molar-refractivity contribution in [2.24, 2.45) is 0 Å². The molecule has 214 valence electrons. The Kier molecular flexibility index (Phi) is 5.31. The fourth-order valence-corrected chi connectivity index (χ4v) is 7.49. The van der Waals surface area contributed by atoms with Gasteiger partial charge in [-0.3, -0.25) is 0 Å². The van der Waals surface area contributed by atoms with Crippen LogP contribution in [0.3, 0.4) is 0 Å². The molecule has 0 saturated carbocycles. The van der Waals surface area contributed by atoms with Crippen LogP contribution in [0, 0.1) is 0 Å². The van der Waals surface area contributed by atoms with Crippen LogP contribution in [0.4, 0.5) is 0 Å². The van der Waals surface area contributed by atoms with E-state index in [1.807, 2.05) is 18.2 Å². The Labute approximate surface area is 264 Å². The first kappa shape index (κ1) is 25.2. The van der Waals surface area contributed by atoms with Crippen molar-refractivity contribution in [3.63, 3.8) is 0 Å². The minimum Gasteiger partial charge on any atom is -0.456 e. The first-order valence-corrected chi connectivity index (χ1v) is 15.7. The van der Waals surface area contributed by atoms with Gasteiger partial charge in [0.2, 0.25) is 0 Å². The highest BCUT2D eigenvalue weighted by molar-refractivity contribution is 6.27. The zero-order valence-corrected chi connectivity index (χ0v) is 24.8. The summed E-state index contributed by atoms with van der Waals surface area (Å²) in [6.07, 6.45) is 0.